The molecule has 12 rings (SSSR count). The summed E-state index contributed by atoms with van der Waals surface area (Å²) in [5, 5.41) is 4.94. The number of hydrogen-bond donors (Lipinski definition) is 0. The molecular formula is C62H48N4. The number of allylic oxidation sites excluding steroid dienone is 3. The second-order valence-electron chi connectivity index (χ2n) is 17.6. The van der Waals surface area contributed by atoms with Gasteiger partial charge in [0.15, 0.2) is 0 Å². The topological polar surface area (TPSA) is 16.3 Å². The summed E-state index contributed by atoms with van der Waals surface area (Å²) in [6.45, 7) is 4.43. The van der Waals surface area contributed by atoms with Crippen LogP contribution in [0.15, 0.2) is 242 Å². The number of para-hydroxylation sites is 4. The molecule has 2 heterocycles. The van der Waals surface area contributed by atoms with Gasteiger partial charge in [-0.25, -0.2) is 0 Å². The molecule has 0 N–H and O–H groups in total. The molecule has 9 aromatic carbocycles. The Hall–Kier alpha value is -8.34. The van der Waals surface area contributed by atoms with E-state index in [0.717, 1.165) is 46.2 Å². The number of hydrogen-bond acceptors (Lipinski definition) is 2. The van der Waals surface area contributed by atoms with Gasteiger partial charge in [0.25, 0.3) is 0 Å². The van der Waals surface area contributed by atoms with E-state index in [0.29, 0.717) is 5.92 Å². The van der Waals surface area contributed by atoms with Crippen molar-refractivity contribution < 1.29 is 0 Å². The SMILES string of the molecule is Cc1ccc(N(c2ccc(-c3ccc(N(C4=CCC(C)C=C4)c4ccc5c(c4)c4ccccc4n5-c4ccccc4)cc3)cc2)c2ccc3c(c2)c2ccccc2n3-c2ccccc2)cc1. The van der Waals surface area contributed by atoms with E-state index in [4.69, 9.17) is 0 Å². The van der Waals surface area contributed by atoms with Crippen molar-refractivity contribution in [2.75, 3.05) is 9.80 Å². The largest absolute Gasteiger partial charge is 0.311 e. The number of aryl methyl sites for hydroxylation is 1. The molecule has 0 radical (unpaired) electrons. The normalized spacial score (nSPS) is 13.7. The van der Waals surface area contributed by atoms with E-state index in [9.17, 15) is 0 Å². The monoisotopic (exact) mass is 848 g/mol. The smallest absolute Gasteiger partial charge is 0.0542 e. The van der Waals surface area contributed by atoms with Crippen molar-refractivity contribution in [3.05, 3.63) is 248 Å². The predicted molar refractivity (Wildman–Crippen MR) is 280 cm³/mol. The summed E-state index contributed by atoms with van der Waals surface area (Å²) in [5.41, 5.74) is 17.5. The van der Waals surface area contributed by atoms with Crippen LogP contribution in [0.5, 0.6) is 0 Å². The first-order chi connectivity index (χ1) is 32.6. The second-order valence-corrected chi connectivity index (χ2v) is 17.6. The summed E-state index contributed by atoms with van der Waals surface area (Å²) in [6, 6.07) is 79.6. The highest BCUT2D eigenvalue weighted by molar-refractivity contribution is 6.12. The summed E-state index contributed by atoms with van der Waals surface area (Å²) in [6.07, 6.45) is 8.01. The number of rotatable bonds is 9. The van der Waals surface area contributed by atoms with Gasteiger partial charge in [0.1, 0.15) is 0 Å². The third-order valence-electron chi connectivity index (χ3n) is 13.3. The fraction of sp³-hybridized carbons (Fsp3) is 0.0645. The Morgan fingerprint density at radius 1 is 0.394 bits per heavy atom. The summed E-state index contributed by atoms with van der Waals surface area (Å²) in [7, 11) is 0. The fourth-order valence-corrected chi connectivity index (χ4v) is 9.99. The fourth-order valence-electron chi connectivity index (χ4n) is 9.99. The predicted octanol–water partition coefficient (Wildman–Crippen LogP) is 16.9. The van der Waals surface area contributed by atoms with Crippen LogP contribution < -0.4 is 9.80 Å². The molecule has 4 nitrogen and oxygen atoms in total. The first-order valence-corrected chi connectivity index (χ1v) is 23.0. The van der Waals surface area contributed by atoms with Crippen molar-refractivity contribution in [2.45, 2.75) is 20.3 Å². The summed E-state index contributed by atoms with van der Waals surface area (Å²) < 4.78 is 4.75. The number of fused-ring (bicyclic) bond motifs is 6. The third-order valence-corrected chi connectivity index (χ3v) is 13.3. The van der Waals surface area contributed by atoms with Gasteiger partial charge in [-0.1, -0.05) is 134 Å². The Balaban J connectivity index is 0.906. The number of benzene rings is 9. The van der Waals surface area contributed by atoms with Gasteiger partial charge >= 0.3 is 0 Å². The van der Waals surface area contributed by atoms with Gasteiger partial charge in [-0.05, 0) is 146 Å². The molecule has 0 spiro atoms. The van der Waals surface area contributed by atoms with Crippen molar-refractivity contribution in [1.82, 2.24) is 9.13 Å². The van der Waals surface area contributed by atoms with Crippen LogP contribution in [0.3, 0.4) is 0 Å². The molecule has 0 bridgehead atoms. The second kappa shape index (κ2) is 16.3. The molecule has 316 valence electrons. The van der Waals surface area contributed by atoms with E-state index in [1.807, 2.05) is 0 Å². The minimum absolute atomic E-state index is 0.513. The van der Waals surface area contributed by atoms with Crippen LogP contribution in [0.4, 0.5) is 28.4 Å². The molecule has 66 heavy (non-hydrogen) atoms. The first-order valence-electron chi connectivity index (χ1n) is 23.0. The zero-order valence-electron chi connectivity index (χ0n) is 37.1. The van der Waals surface area contributed by atoms with Crippen molar-refractivity contribution in [2.24, 2.45) is 5.92 Å². The van der Waals surface area contributed by atoms with Gasteiger partial charge in [0.05, 0.1) is 22.1 Å². The molecular weight excluding hydrogens is 801 g/mol. The molecule has 0 saturated heterocycles. The molecule has 1 aliphatic rings. The first kappa shape index (κ1) is 39.3. The Bertz CT molecular complexity index is 3610. The highest BCUT2D eigenvalue weighted by atomic mass is 15.2. The van der Waals surface area contributed by atoms with E-state index in [1.165, 1.54) is 66.0 Å². The van der Waals surface area contributed by atoms with Crippen molar-refractivity contribution in [3.63, 3.8) is 0 Å². The summed E-state index contributed by atoms with van der Waals surface area (Å²) >= 11 is 0. The van der Waals surface area contributed by atoms with Crippen LogP contribution in [0.25, 0.3) is 66.1 Å². The van der Waals surface area contributed by atoms with Crippen molar-refractivity contribution >= 4 is 72.0 Å². The Kier molecular flexibility index (Phi) is 9.72. The molecule has 2 aromatic heterocycles. The molecule has 1 unspecified atom stereocenters. The quantitative estimate of drug-likeness (QED) is 0.144. The molecule has 11 aromatic rings. The average Bonchev–Trinajstić information content (AvgIpc) is 3.89. The lowest BCUT2D eigenvalue weighted by molar-refractivity contribution is 0.728. The number of nitrogens with zero attached hydrogens (tertiary/aromatic N) is 4. The maximum atomic E-state index is 2.41. The Morgan fingerprint density at radius 3 is 1.29 bits per heavy atom. The zero-order chi connectivity index (χ0) is 44.1. The van der Waals surface area contributed by atoms with Gasteiger partial charge in [0, 0.05) is 67.1 Å². The van der Waals surface area contributed by atoms with Crippen LogP contribution in [-0.4, -0.2) is 9.13 Å². The van der Waals surface area contributed by atoms with Gasteiger partial charge in [0.2, 0.25) is 0 Å². The highest BCUT2D eigenvalue weighted by Gasteiger charge is 2.21. The van der Waals surface area contributed by atoms with E-state index < -0.39 is 0 Å². The van der Waals surface area contributed by atoms with Crippen LogP contribution in [0.2, 0.25) is 0 Å². The van der Waals surface area contributed by atoms with Crippen LogP contribution in [-0.2, 0) is 0 Å². The van der Waals surface area contributed by atoms with Gasteiger partial charge in [-0.15, -0.1) is 0 Å². The lowest BCUT2D eigenvalue weighted by atomic mass is 9.99. The van der Waals surface area contributed by atoms with Crippen LogP contribution in [0, 0.1) is 12.8 Å². The molecule has 1 aliphatic carbocycles. The molecule has 0 aliphatic heterocycles. The van der Waals surface area contributed by atoms with E-state index in [1.54, 1.807) is 0 Å². The highest BCUT2D eigenvalue weighted by Crippen LogP contribution is 2.42. The van der Waals surface area contributed by atoms with Gasteiger partial charge in [-0.2, -0.15) is 0 Å². The number of anilines is 5. The minimum atomic E-state index is 0.513. The number of aromatic nitrogens is 2. The Labute approximate surface area is 385 Å². The lowest BCUT2D eigenvalue weighted by Crippen LogP contribution is -2.17. The lowest BCUT2D eigenvalue weighted by Gasteiger charge is -2.29. The maximum Gasteiger partial charge on any atom is 0.0542 e. The van der Waals surface area contributed by atoms with Gasteiger partial charge < -0.3 is 18.9 Å². The Morgan fingerprint density at radius 2 is 0.803 bits per heavy atom. The summed E-state index contributed by atoms with van der Waals surface area (Å²) in [4.78, 5) is 4.79. The van der Waals surface area contributed by atoms with Crippen molar-refractivity contribution in [3.8, 4) is 22.5 Å². The van der Waals surface area contributed by atoms with E-state index in [2.05, 4.69) is 269 Å². The standard InChI is InChI=1S/C62H48N4/c1-43-21-29-49(30-22-43)63(53-37-39-61-57(41-53)55-17-9-11-19-59(55)65(61)47-13-5-3-6-14-47)51-33-25-45(26-34-51)46-27-35-52(36-28-46)64(50-31-23-44(2)24-32-50)54-38-40-62-58(42-54)56-18-10-12-20-60(56)66(62)48-15-7-4-8-16-48/h3-23,25-42,44H,24H2,1-2H3. The summed E-state index contributed by atoms with van der Waals surface area (Å²) in [5.74, 6) is 0.513. The van der Waals surface area contributed by atoms with Crippen LogP contribution in [0.1, 0.15) is 18.9 Å². The minimum Gasteiger partial charge on any atom is -0.311 e. The maximum absolute atomic E-state index is 2.41. The van der Waals surface area contributed by atoms with E-state index >= 15 is 0 Å². The van der Waals surface area contributed by atoms with E-state index in [-0.39, 0.29) is 0 Å². The zero-order valence-corrected chi connectivity index (χ0v) is 37.1. The van der Waals surface area contributed by atoms with Gasteiger partial charge in [-0.3, -0.25) is 0 Å². The molecule has 0 fully saturated rings. The molecule has 4 heteroatoms. The van der Waals surface area contributed by atoms with Crippen molar-refractivity contribution in [1.29, 1.82) is 0 Å². The average molecular weight is 849 g/mol. The third kappa shape index (κ3) is 6.86. The molecule has 0 amide bonds. The van der Waals surface area contributed by atoms with Crippen LogP contribution >= 0.6 is 0 Å². The molecule has 1 atom stereocenters. The molecule has 0 saturated carbocycles.